The monoisotopic (exact) mass is 546 g/mol. The normalized spacial score (nSPS) is 24.7. The van der Waals surface area contributed by atoms with Crippen LogP contribution >= 0.6 is 0 Å². The minimum atomic E-state index is -4.97. The summed E-state index contributed by atoms with van der Waals surface area (Å²) in [4.78, 5) is 27.4. The third kappa shape index (κ3) is 5.00. The number of nitrogens with one attached hydrogen (secondary N) is 1. The molecule has 1 N–H and O–H groups in total. The lowest BCUT2D eigenvalue weighted by Crippen LogP contribution is -2.60. The van der Waals surface area contributed by atoms with E-state index in [9.17, 15) is 22.8 Å². The Balaban J connectivity index is 1.41. The zero-order valence-corrected chi connectivity index (χ0v) is 21.8. The molecular weight excluding hydrogens is 513 g/mol. The Morgan fingerprint density at radius 1 is 1.08 bits per heavy atom. The van der Waals surface area contributed by atoms with E-state index >= 15 is 0 Å². The van der Waals surface area contributed by atoms with Crippen molar-refractivity contribution in [3.63, 3.8) is 0 Å². The lowest BCUT2D eigenvalue weighted by molar-refractivity contribution is -0.271. The maximum absolute atomic E-state index is 14.5. The van der Waals surface area contributed by atoms with Crippen LogP contribution in [0, 0.1) is 5.41 Å². The summed E-state index contributed by atoms with van der Waals surface area (Å²) >= 11 is 0. The first-order chi connectivity index (χ1) is 18.7. The van der Waals surface area contributed by atoms with Gasteiger partial charge in [0.15, 0.2) is 0 Å². The SMILES string of the molecule is CO[C@@](C(=O)N1CCC2(CC1)CC(=O)NC[C@H]2c1ccccc1O[C@@H]1CCOC1)(c1ccccc1)C(F)(F)F. The summed E-state index contributed by atoms with van der Waals surface area (Å²) in [5.41, 5.74) is -2.94. The molecule has 0 radical (unpaired) electrons. The molecule has 3 aliphatic heterocycles. The lowest BCUT2D eigenvalue weighted by atomic mass is 9.62. The van der Waals surface area contributed by atoms with Gasteiger partial charge in [-0.3, -0.25) is 9.59 Å². The molecule has 3 aliphatic rings. The quantitative estimate of drug-likeness (QED) is 0.589. The van der Waals surface area contributed by atoms with Crippen LogP contribution in [-0.2, 0) is 24.7 Å². The van der Waals surface area contributed by atoms with Crippen LogP contribution in [0.25, 0.3) is 0 Å². The molecule has 0 aromatic heterocycles. The molecule has 0 saturated carbocycles. The Labute approximate surface area is 225 Å². The molecular formula is C29H33F3N2O5. The number of rotatable bonds is 6. The van der Waals surface area contributed by atoms with Gasteiger partial charge < -0.3 is 24.4 Å². The third-order valence-corrected chi connectivity index (χ3v) is 8.46. The Bertz CT molecular complexity index is 1180. The second-order valence-electron chi connectivity index (χ2n) is 10.6. The van der Waals surface area contributed by atoms with Crippen LogP contribution in [0.4, 0.5) is 13.2 Å². The predicted molar refractivity (Wildman–Crippen MR) is 136 cm³/mol. The van der Waals surface area contributed by atoms with Crippen LogP contribution in [0.1, 0.15) is 42.7 Å². The number of alkyl halides is 3. The first-order valence-electron chi connectivity index (χ1n) is 13.3. The highest BCUT2D eigenvalue weighted by Gasteiger charge is 2.64. The maximum atomic E-state index is 14.5. The zero-order valence-electron chi connectivity index (χ0n) is 21.8. The standard InChI is InChI=1S/C29H33F3N2O5/c1-37-28(29(30,31)32,20-7-3-2-4-8-20)26(36)34-14-12-27(13-15-34)17-25(35)33-18-23(27)22-9-5-6-10-24(22)39-21-11-16-38-19-21/h2-10,21,23H,11-19H2,1H3,(H,33,35)/t21-,23+,28-/m1/s1. The summed E-state index contributed by atoms with van der Waals surface area (Å²) < 4.78 is 60.3. The highest BCUT2D eigenvalue weighted by Crippen LogP contribution is 2.52. The molecule has 0 unspecified atom stereocenters. The van der Waals surface area contributed by atoms with Gasteiger partial charge in [0.2, 0.25) is 5.91 Å². The molecule has 7 nitrogen and oxygen atoms in total. The van der Waals surface area contributed by atoms with Crippen molar-refractivity contribution in [3.05, 3.63) is 65.7 Å². The fourth-order valence-corrected chi connectivity index (χ4v) is 6.34. The molecule has 0 bridgehead atoms. The minimum Gasteiger partial charge on any atom is -0.488 e. The molecule has 5 rings (SSSR count). The van der Waals surface area contributed by atoms with Gasteiger partial charge in [0.25, 0.3) is 11.5 Å². The van der Waals surface area contributed by atoms with Crippen molar-refractivity contribution in [3.8, 4) is 5.75 Å². The fraction of sp³-hybridized carbons (Fsp3) is 0.517. The van der Waals surface area contributed by atoms with E-state index in [0.717, 1.165) is 24.8 Å². The van der Waals surface area contributed by atoms with Gasteiger partial charge in [-0.2, -0.15) is 13.2 Å². The van der Waals surface area contributed by atoms with Crippen molar-refractivity contribution in [2.45, 2.75) is 49.5 Å². The molecule has 3 atom stereocenters. The number of carbonyl (C=O) groups is 2. The van der Waals surface area contributed by atoms with Gasteiger partial charge in [-0.1, -0.05) is 48.5 Å². The number of benzene rings is 2. The Morgan fingerprint density at radius 2 is 1.77 bits per heavy atom. The summed E-state index contributed by atoms with van der Waals surface area (Å²) in [5, 5.41) is 2.96. The Hall–Kier alpha value is -3.11. The second-order valence-corrected chi connectivity index (χ2v) is 10.6. The van der Waals surface area contributed by atoms with Crippen LogP contribution in [0.15, 0.2) is 54.6 Å². The number of halogens is 3. The van der Waals surface area contributed by atoms with Crippen LogP contribution in [-0.4, -0.2) is 69.0 Å². The van der Waals surface area contributed by atoms with E-state index in [-0.39, 0.29) is 43.0 Å². The van der Waals surface area contributed by atoms with Gasteiger partial charge in [0.05, 0.1) is 13.2 Å². The van der Waals surface area contributed by atoms with E-state index in [2.05, 4.69) is 5.32 Å². The number of nitrogens with zero attached hydrogens (tertiary/aromatic N) is 1. The van der Waals surface area contributed by atoms with E-state index < -0.39 is 23.1 Å². The van der Waals surface area contributed by atoms with Crippen LogP contribution in [0.2, 0.25) is 0 Å². The number of hydrogen-bond acceptors (Lipinski definition) is 5. The highest BCUT2D eigenvalue weighted by atomic mass is 19.4. The molecule has 3 fully saturated rings. The number of carbonyl (C=O) groups excluding carboxylic acids is 2. The molecule has 3 saturated heterocycles. The topological polar surface area (TPSA) is 77.1 Å². The Kier molecular flexibility index (Phi) is 7.61. The van der Waals surface area contributed by atoms with E-state index in [0.29, 0.717) is 32.6 Å². The molecule has 39 heavy (non-hydrogen) atoms. The third-order valence-electron chi connectivity index (χ3n) is 8.46. The molecule has 10 heteroatoms. The summed E-state index contributed by atoms with van der Waals surface area (Å²) in [5.74, 6) is -0.624. The molecule has 2 amide bonds. The van der Waals surface area contributed by atoms with Crippen LogP contribution in [0.5, 0.6) is 5.75 Å². The number of para-hydroxylation sites is 1. The van der Waals surface area contributed by atoms with Crippen molar-refractivity contribution in [2.24, 2.45) is 5.41 Å². The number of piperidine rings is 2. The largest absolute Gasteiger partial charge is 0.488 e. The first-order valence-corrected chi connectivity index (χ1v) is 13.3. The smallest absolute Gasteiger partial charge is 0.430 e. The van der Waals surface area contributed by atoms with Gasteiger partial charge in [-0.25, -0.2) is 0 Å². The van der Waals surface area contributed by atoms with Crippen LogP contribution in [0.3, 0.4) is 0 Å². The number of amides is 2. The van der Waals surface area contributed by atoms with E-state index in [1.165, 1.54) is 29.2 Å². The lowest BCUT2D eigenvalue weighted by Gasteiger charge is -2.50. The molecule has 2 aromatic rings. The summed E-state index contributed by atoms with van der Waals surface area (Å²) in [6, 6.07) is 14.7. The summed E-state index contributed by atoms with van der Waals surface area (Å²) in [6.07, 6.45) is -3.24. The zero-order chi connectivity index (χ0) is 27.7. The Morgan fingerprint density at radius 3 is 2.41 bits per heavy atom. The van der Waals surface area contributed by atoms with E-state index in [4.69, 9.17) is 14.2 Å². The summed E-state index contributed by atoms with van der Waals surface area (Å²) in [7, 11) is 0.914. The molecule has 1 spiro atoms. The van der Waals surface area contributed by atoms with Crippen molar-refractivity contribution in [1.82, 2.24) is 10.2 Å². The van der Waals surface area contributed by atoms with Gasteiger partial charge in [0, 0.05) is 51.1 Å². The molecule has 3 heterocycles. The van der Waals surface area contributed by atoms with Crippen molar-refractivity contribution < 1.29 is 37.0 Å². The first kappa shape index (κ1) is 27.5. The number of methoxy groups -OCH3 is 1. The van der Waals surface area contributed by atoms with Gasteiger partial charge >= 0.3 is 6.18 Å². The number of hydrogen-bond donors (Lipinski definition) is 1. The molecule has 0 aliphatic carbocycles. The average molecular weight is 547 g/mol. The second kappa shape index (κ2) is 10.8. The fourth-order valence-electron chi connectivity index (χ4n) is 6.34. The molecule has 2 aromatic carbocycles. The van der Waals surface area contributed by atoms with Gasteiger partial charge in [-0.15, -0.1) is 0 Å². The highest BCUT2D eigenvalue weighted by molar-refractivity contribution is 5.88. The van der Waals surface area contributed by atoms with E-state index in [1.54, 1.807) is 6.07 Å². The van der Waals surface area contributed by atoms with Gasteiger partial charge in [-0.05, 0) is 29.9 Å². The van der Waals surface area contributed by atoms with Crippen molar-refractivity contribution >= 4 is 11.8 Å². The van der Waals surface area contributed by atoms with Crippen molar-refractivity contribution in [1.29, 1.82) is 0 Å². The van der Waals surface area contributed by atoms with Gasteiger partial charge in [0.1, 0.15) is 11.9 Å². The van der Waals surface area contributed by atoms with Crippen molar-refractivity contribution in [2.75, 3.05) is 40.0 Å². The maximum Gasteiger partial charge on any atom is 0.430 e. The van der Waals surface area contributed by atoms with Crippen LogP contribution < -0.4 is 10.1 Å². The minimum absolute atomic E-state index is 0.0535. The van der Waals surface area contributed by atoms with E-state index in [1.807, 2.05) is 24.3 Å². The summed E-state index contributed by atoms with van der Waals surface area (Å²) in [6.45, 7) is 1.71. The molecule has 210 valence electrons. The number of likely N-dealkylation sites (tertiary alicyclic amines) is 1. The number of ether oxygens (including phenoxy) is 3. The predicted octanol–water partition coefficient (Wildman–Crippen LogP) is 4.17. The average Bonchev–Trinajstić information content (AvgIpc) is 3.43.